The lowest BCUT2D eigenvalue weighted by molar-refractivity contribution is -0.0147. The van der Waals surface area contributed by atoms with Gasteiger partial charge in [0.05, 0.1) is 18.2 Å². The minimum absolute atomic E-state index is 0.0364. The molecule has 0 saturated carbocycles. The fourth-order valence-corrected chi connectivity index (χ4v) is 1.68. The highest BCUT2D eigenvalue weighted by atomic mass is 16.5. The predicted molar refractivity (Wildman–Crippen MR) is 75.4 cm³/mol. The monoisotopic (exact) mass is 269 g/mol. The second-order valence-corrected chi connectivity index (χ2v) is 6.24. The number of rotatable bonds is 7. The molecule has 1 aromatic heterocycles. The Morgan fingerprint density at radius 2 is 2.11 bits per heavy atom. The van der Waals surface area contributed by atoms with Crippen LogP contribution in [0.2, 0.25) is 0 Å². The van der Waals surface area contributed by atoms with E-state index in [0.29, 0.717) is 18.9 Å². The van der Waals surface area contributed by atoms with Gasteiger partial charge < -0.3 is 4.74 Å². The molecule has 110 valence electrons. The summed E-state index contributed by atoms with van der Waals surface area (Å²) in [5.41, 5.74) is 2.62. The summed E-state index contributed by atoms with van der Waals surface area (Å²) in [6.07, 6.45) is 2.30. The van der Waals surface area contributed by atoms with Gasteiger partial charge >= 0.3 is 0 Å². The van der Waals surface area contributed by atoms with E-state index in [2.05, 4.69) is 29.4 Å². The van der Waals surface area contributed by atoms with Crippen LogP contribution >= 0.6 is 0 Å². The molecule has 19 heavy (non-hydrogen) atoms. The Labute approximate surface area is 115 Å². The third-order valence-corrected chi connectivity index (χ3v) is 2.62. The van der Waals surface area contributed by atoms with Crippen LogP contribution in [0.15, 0.2) is 6.33 Å². The molecule has 6 nitrogen and oxygen atoms in total. The number of nitrogens with two attached hydrogens (primary N) is 1. The molecule has 0 aliphatic rings. The Hall–Kier alpha value is -0.980. The largest absolute Gasteiger partial charge is 0.374 e. The van der Waals surface area contributed by atoms with Gasteiger partial charge in [0.25, 0.3) is 0 Å². The number of hydrogen-bond acceptors (Lipinski definition) is 5. The summed E-state index contributed by atoms with van der Waals surface area (Å²) in [6, 6.07) is 0.0364. The molecule has 1 heterocycles. The maximum absolute atomic E-state index is 5.75. The number of hydrogen-bond donors (Lipinski definition) is 2. The van der Waals surface area contributed by atoms with Gasteiger partial charge in [-0.05, 0) is 26.7 Å². The molecule has 0 aliphatic carbocycles. The molecule has 1 rings (SSSR count). The summed E-state index contributed by atoms with van der Waals surface area (Å²) in [5.74, 6) is 7.06. The van der Waals surface area contributed by atoms with Crippen molar-refractivity contribution in [1.82, 2.24) is 20.2 Å². The molecule has 0 amide bonds. The third-order valence-electron chi connectivity index (χ3n) is 2.62. The maximum atomic E-state index is 5.75. The molecule has 0 aliphatic heterocycles. The zero-order valence-electron chi connectivity index (χ0n) is 12.7. The zero-order chi connectivity index (χ0) is 14.5. The molecule has 3 N–H and O–H groups in total. The lowest BCUT2D eigenvalue weighted by Crippen LogP contribution is -2.42. The van der Waals surface area contributed by atoms with Crippen LogP contribution in [0.3, 0.4) is 0 Å². The van der Waals surface area contributed by atoms with Crippen molar-refractivity contribution >= 4 is 0 Å². The van der Waals surface area contributed by atoms with Gasteiger partial charge in [0, 0.05) is 13.0 Å². The molecule has 0 saturated heterocycles. The SMILES string of the molecule is CC(C)Cn1ncnc1CC(COC(C)(C)C)NN. The lowest BCUT2D eigenvalue weighted by Gasteiger charge is -2.24. The van der Waals surface area contributed by atoms with Crippen molar-refractivity contribution in [2.24, 2.45) is 11.8 Å². The summed E-state index contributed by atoms with van der Waals surface area (Å²) < 4.78 is 7.69. The van der Waals surface area contributed by atoms with E-state index < -0.39 is 0 Å². The van der Waals surface area contributed by atoms with Gasteiger partial charge in [0.2, 0.25) is 0 Å². The smallest absolute Gasteiger partial charge is 0.138 e. The average Bonchev–Trinajstić information content (AvgIpc) is 2.69. The van der Waals surface area contributed by atoms with E-state index in [-0.39, 0.29) is 11.6 Å². The van der Waals surface area contributed by atoms with Gasteiger partial charge in [0.1, 0.15) is 12.2 Å². The molecule has 1 aromatic rings. The minimum atomic E-state index is -0.166. The van der Waals surface area contributed by atoms with Crippen LogP contribution in [0.25, 0.3) is 0 Å². The highest BCUT2D eigenvalue weighted by Crippen LogP contribution is 2.09. The van der Waals surface area contributed by atoms with E-state index in [1.165, 1.54) is 0 Å². The van der Waals surface area contributed by atoms with E-state index in [0.717, 1.165) is 12.4 Å². The van der Waals surface area contributed by atoms with Gasteiger partial charge in [-0.15, -0.1) is 0 Å². The number of hydrazine groups is 1. The fourth-order valence-electron chi connectivity index (χ4n) is 1.68. The normalized spacial score (nSPS) is 14.1. The number of nitrogens with one attached hydrogen (secondary N) is 1. The highest BCUT2D eigenvalue weighted by molar-refractivity contribution is 4.90. The van der Waals surface area contributed by atoms with Gasteiger partial charge in [-0.3, -0.25) is 11.3 Å². The Bertz CT molecular complexity index is 369. The summed E-state index contributed by atoms with van der Waals surface area (Å²) >= 11 is 0. The first-order valence-electron chi connectivity index (χ1n) is 6.78. The lowest BCUT2D eigenvalue weighted by atomic mass is 10.1. The summed E-state index contributed by atoms with van der Waals surface area (Å²) in [4.78, 5) is 4.30. The molecule has 0 fully saturated rings. The predicted octanol–water partition coefficient (Wildman–Crippen LogP) is 1.12. The fraction of sp³-hybridized carbons (Fsp3) is 0.846. The summed E-state index contributed by atoms with van der Waals surface area (Å²) in [5, 5.41) is 4.25. The first kappa shape index (κ1) is 16.1. The number of nitrogens with zero attached hydrogens (tertiary/aromatic N) is 3. The summed E-state index contributed by atoms with van der Waals surface area (Å²) in [6.45, 7) is 11.8. The van der Waals surface area contributed by atoms with E-state index in [9.17, 15) is 0 Å². The Kier molecular flexibility index (Phi) is 5.90. The maximum Gasteiger partial charge on any atom is 0.138 e. The molecular formula is C13H27N5O. The van der Waals surface area contributed by atoms with Crippen LogP contribution < -0.4 is 11.3 Å². The van der Waals surface area contributed by atoms with Crippen LogP contribution in [0.4, 0.5) is 0 Å². The van der Waals surface area contributed by atoms with Crippen molar-refractivity contribution < 1.29 is 4.74 Å². The minimum Gasteiger partial charge on any atom is -0.374 e. The second kappa shape index (κ2) is 6.98. The van der Waals surface area contributed by atoms with Crippen LogP contribution in [-0.2, 0) is 17.7 Å². The molecule has 1 atom stereocenters. The molecule has 0 aromatic carbocycles. The van der Waals surface area contributed by atoms with Gasteiger partial charge in [-0.25, -0.2) is 9.67 Å². The first-order valence-corrected chi connectivity index (χ1v) is 6.78. The second-order valence-electron chi connectivity index (χ2n) is 6.24. The summed E-state index contributed by atoms with van der Waals surface area (Å²) in [7, 11) is 0. The molecule has 0 spiro atoms. The Morgan fingerprint density at radius 1 is 1.42 bits per heavy atom. The molecule has 0 bridgehead atoms. The van der Waals surface area contributed by atoms with Crippen molar-refractivity contribution in [3.05, 3.63) is 12.2 Å². The van der Waals surface area contributed by atoms with Crippen LogP contribution in [-0.4, -0.2) is 33.0 Å². The van der Waals surface area contributed by atoms with E-state index in [1.807, 2.05) is 25.5 Å². The quantitative estimate of drug-likeness (QED) is 0.573. The highest BCUT2D eigenvalue weighted by Gasteiger charge is 2.17. The number of aromatic nitrogens is 3. The first-order chi connectivity index (χ1) is 8.81. The standard InChI is InChI=1S/C13H27N5O/c1-10(2)7-18-12(15-9-16-18)6-11(17-14)8-19-13(3,4)5/h9-11,17H,6-8,14H2,1-5H3. The molecular weight excluding hydrogens is 242 g/mol. The van der Waals surface area contributed by atoms with Crippen molar-refractivity contribution in [3.8, 4) is 0 Å². The van der Waals surface area contributed by atoms with Crippen LogP contribution in [0.1, 0.15) is 40.4 Å². The topological polar surface area (TPSA) is 78.0 Å². The molecule has 0 radical (unpaired) electrons. The van der Waals surface area contributed by atoms with Gasteiger partial charge in [0.15, 0.2) is 0 Å². The average molecular weight is 269 g/mol. The van der Waals surface area contributed by atoms with Crippen LogP contribution in [0.5, 0.6) is 0 Å². The number of ether oxygens (including phenoxy) is 1. The zero-order valence-corrected chi connectivity index (χ0v) is 12.7. The van der Waals surface area contributed by atoms with E-state index >= 15 is 0 Å². The van der Waals surface area contributed by atoms with Gasteiger partial charge in [-0.2, -0.15) is 5.10 Å². The van der Waals surface area contributed by atoms with Crippen molar-refractivity contribution in [2.75, 3.05) is 6.61 Å². The van der Waals surface area contributed by atoms with E-state index in [4.69, 9.17) is 10.6 Å². The van der Waals surface area contributed by atoms with Crippen LogP contribution in [0, 0.1) is 5.92 Å². The Balaban J connectivity index is 2.58. The molecule has 6 heteroatoms. The Morgan fingerprint density at radius 3 is 2.63 bits per heavy atom. The van der Waals surface area contributed by atoms with E-state index in [1.54, 1.807) is 6.33 Å². The van der Waals surface area contributed by atoms with Crippen molar-refractivity contribution in [3.63, 3.8) is 0 Å². The third kappa shape index (κ3) is 6.13. The molecule has 1 unspecified atom stereocenters. The van der Waals surface area contributed by atoms with Gasteiger partial charge in [-0.1, -0.05) is 13.8 Å². The van der Waals surface area contributed by atoms with Crippen molar-refractivity contribution in [2.45, 2.75) is 59.2 Å². The van der Waals surface area contributed by atoms with Crippen molar-refractivity contribution in [1.29, 1.82) is 0 Å².